The van der Waals surface area contributed by atoms with E-state index in [1.165, 1.54) is 25.5 Å². The average molecular weight is 379 g/mol. The van der Waals surface area contributed by atoms with E-state index >= 15 is 0 Å². The number of rotatable bonds is 5. The second kappa shape index (κ2) is 7.64. The molecule has 2 rings (SSSR count). The highest BCUT2D eigenvalue weighted by Gasteiger charge is 2.09. The third kappa shape index (κ3) is 4.46. The van der Waals surface area contributed by atoms with Gasteiger partial charge in [0.25, 0.3) is 0 Å². The van der Waals surface area contributed by atoms with Gasteiger partial charge >= 0.3 is 0 Å². The van der Waals surface area contributed by atoms with Crippen LogP contribution < -0.4 is 10.2 Å². The summed E-state index contributed by atoms with van der Waals surface area (Å²) in [6, 6.07) is 9.65. The van der Waals surface area contributed by atoms with Crippen LogP contribution in [0, 0.1) is 0 Å². The van der Waals surface area contributed by atoms with Gasteiger partial charge in [0.05, 0.1) is 24.2 Å². The number of ether oxygens (including phenoxy) is 1. The molecule has 0 radical (unpaired) electrons. The number of nitrogens with zero attached hydrogens (tertiary/aromatic N) is 1. The molecule has 0 atom stereocenters. The number of aromatic hydroxyl groups is 2. The Bertz CT molecular complexity index is 730. The third-order valence-electron chi connectivity index (χ3n) is 3.02. The van der Waals surface area contributed by atoms with Crippen molar-refractivity contribution in [3.8, 4) is 17.2 Å². The van der Waals surface area contributed by atoms with Crippen LogP contribution in [0.5, 0.6) is 17.2 Å². The van der Waals surface area contributed by atoms with Crippen LogP contribution in [0.2, 0.25) is 0 Å². The molecule has 0 fully saturated rings. The van der Waals surface area contributed by atoms with Crippen LogP contribution in [0.4, 0.5) is 0 Å². The molecular formula is C16H15BrN2O4. The van der Waals surface area contributed by atoms with Gasteiger partial charge in [-0.15, -0.1) is 0 Å². The SMILES string of the molecule is COc1ccc(/C=N\NC(=O)Cc2ccc(O)cc2)c(Br)c1O. The van der Waals surface area contributed by atoms with Gasteiger partial charge in [-0.2, -0.15) is 5.10 Å². The monoisotopic (exact) mass is 378 g/mol. The number of carbonyl (C=O) groups excluding carboxylic acids is 1. The maximum Gasteiger partial charge on any atom is 0.244 e. The predicted octanol–water partition coefficient (Wildman–Crippen LogP) is 2.56. The average Bonchev–Trinajstić information content (AvgIpc) is 2.54. The number of phenols is 2. The maximum absolute atomic E-state index is 11.8. The fraction of sp³-hybridized carbons (Fsp3) is 0.125. The highest BCUT2D eigenvalue weighted by atomic mass is 79.9. The lowest BCUT2D eigenvalue weighted by Crippen LogP contribution is -2.19. The number of hydrogen-bond acceptors (Lipinski definition) is 5. The number of phenolic OH excluding ortho intramolecular Hbond substituents is 2. The van der Waals surface area contributed by atoms with Crippen LogP contribution >= 0.6 is 15.9 Å². The summed E-state index contributed by atoms with van der Waals surface area (Å²) in [4.78, 5) is 11.8. The van der Waals surface area contributed by atoms with Crippen molar-refractivity contribution < 1.29 is 19.7 Å². The van der Waals surface area contributed by atoms with E-state index < -0.39 is 0 Å². The van der Waals surface area contributed by atoms with Crippen LogP contribution in [0.25, 0.3) is 0 Å². The molecule has 0 unspecified atom stereocenters. The third-order valence-corrected chi connectivity index (χ3v) is 3.86. The minimum Gasteiger partial charge on any atom is -0.508 e. The Labute approximate surface area is 141 Å². The number of amides is 1. The molecule has 0 saturated heterocycles. The first-order valence-corrected chi connectivity index (χ1v) is 7.46. The Hall–Kier alpha value is -2.54. The Balaban J connectivity index is 1.97. The molecule has 0 heterocycles. The molecule has 23 heavy (non-hydrogen) atoms. The van der Waals surface area contributed by atoms with E-state index in [2.05, 4.69) is 26.5 Å². The van der Waals surface area contributed by atoms with Crippen LogP contribution in [-0.2, 0) is 11.2 Å². The van der Waals surface area contributed by atoms with E-state index in [0.29, 0.717) is 15.8 Å². The highest BCUT2D eigenvalue weighted by molar-refractivity contribution is 9.10. The highest BCUT2D eigenvalue weighted by Crippen LogP contribution is 2.35. The van der Waals surface area contributed by atoms with Crippen molar-refractivity contribution in [3.63, 3.8) is 0 Å². The van der Waals surface area contributed by atoms with Crippen molar-refractivity contribution in [1.29, 1.82) is 0 Å². The number of hydrazone groups is 1. The molecule has 6 nitrogen and oxygen atoms in total. The molecule has 0 spiro atoms. The molecule has 2 aromatic rings. The second-order valence-corrected chi connectivity index (χ2v) is 5.45. The Kier molecular flexibility index (Phi) is 5.59. The maximum atomic E-state index is 11.8. The first kappa shape index (κ1) is 16.8. The summed E-state index contributed by atoms with van der Waals surface area (Å²) < 4.78 is 5.41. The van der Waals surface area contributed by atoms with Gasteiger partial charge in [0, 0.05) is 5.56 Å². The van der Waals surface area contributed by atoms with Crippen LogP contribution in [0.1, 0.15) is 11.1 Å². The second-order valence-electron chi connectivity index (χ2n) is 4.66. The van der Waals surface area contributed by atoms with Crippen molar-refractivity contribution >= 4 is 28.1 Å². The number of methoxy groups -OCH3 is 1. The molecule has 0 aliphatic carbocycles. The number of halogens is 1. The summed E-state index contributed by atoms with van der Waals surface area (Å²) in [5, 5.41) is 22.9. The first-order chi connectivity index (χ1) is 11.0. The fourth-order valence-electron chi connectivity index (χ4n) is 1.84. The molecule has 2 aromatic carbocycles. The Morgan fingerprint density at radius 3 is 2.61 bits per heavy atom. The van der Waals surface area contributed by atoms with Crippen LogP contribution in [0.3, 0.4) is 0 Å². The molecule has 7 heteroatoms. The molecule has 3 N–H and O–H groups in total. The number of nitrogens with one attached hydrogen (secondary N) is 1. The van der Waals surface area contributed by atoms with Gasteiger partial charge in [0.2, 0.25) is 5.91 Å². The molecule has 0 aromatic heterocycles. The summed E-state index contributed by atoms with van der Waals surface area (Å²) in [5.74, 6) is 0.161. The van der Waals surface area contributed by atoms with Gasteiger partial charge in [0.15, 0.2) is 11.5 Å². The van der Waals surface area contributed by atoms with Crippen molar-refractivity contribution in [1.82, 2.24) is 5.43 Å². The van der Waals surface area contributed by atoms with Crippen molar-refractivity contribution in [3.05, 3.63) is 52.0 Å². The van der Waals surface area contributed by atoms with Gasteiger partial charge in [-0.05, 0) is 45.8 Å². The summed E-state index contributed by atoms with van der Waals surface area (Å²) >= 11 is 3.24. The van der Waals surface area contributed by atoms with Gasteiger partial charge in [-0.3, -0.25) is 4.79 Å². The largest absolute Gasteiger partial charge is 0.508 e. The zero-order valence-corrected chi connectivity index (χ0v) is 13.9. The van der Waals surface area contributed by atoms with E-state index in [0.717, 1.165) is 5.56 Å². The lowest BCUT2D eigenvalue weighted by molar-refractivity contribution is -0.120. The molecule has 0 aliphatic heterocycles. The van der Waals surface area contributed by atoms with Crippen LogP contribution in [0.15, 0.2) is 46.0 Å². The molecule has 120 valence electrons. The van der Waals surface area contributed by atoms with E-state index in [9.17, 15) is 15.0 Å². The molecule has 0 saturated carbocycles. The van der Waals surface area contributed by atoms with E-state index in [1.807, 2.05) is 0 Å². The number of hydrogen-bond donors (Lipinski definition) is 3. The standard InChI is InChI=1S/C16H15BrN2O4/c1-23-13-7-4-11(15(17)16(13)22)9-18-19-14(21)8-10-2-5-12(20)6-3-10/h2-7,9,20,22H,8H2,1H3,(H,19,21)/b18-9-. The van der Waals surface area contributed by atoms with E-state index in [4.69, 9.17) is 4.74 Å². The summed E-state index contributed by atoms with van der Waals surface area (Å²) in [5.41, 5.74) is 3.76. The summed E-state index contributed by atoms with van der Waals surface area (Å²) in [6.45, 7) is 0. The Morgan fingerprint density at radius 1 is 1.26 bits per heavy atom. The molecule has 0 bridgehead atoms. The summed E-state index contributed by atoms with van der Waals surface area (Å²) in [7, 11) is 1.46. The molecule has 0 aliphatic rings. The van der Waals surface area contributed by atoms with Crippen LogP contribution in [-0.4, -0.2) is 29.4 Å². The van der Waals surface area contributed by atoms with Gasteiger partial charge in [-0.1, -0.05) is 12.1 Å². The van der Waals surface area contributed by atoms with Gasteiger partial charge in [-0.25, -0.2) is 5.43 Å². The van der Waals surface area contributed by atoms with Crippen molar-refractivity contribution in [2.45, 2.75) is 6.42 Å². The topological polar surface area (TPSA) is 91.2 Å². The lowest BCUT2D eigenvalue weighted by Gasteiger charge is -2.07. The normalized spacial score (nSPS) is 10.7. The molecule has 1 amide bonds. The smallest absolute Gasteiger partial charge is 0.244 e. The van der Waals surface area contributed by atoms with E-state index in [-0.39, 0.29) is 23.8 Å². The molecular weight excluding hydrogens is 364 g/mol. The zero-order valence-electron chi connectivity index (χ0n) is 12.3. The minimum atomic E-state index is -0.291. The van der Waals surface area contributed by atoms with E-state index in [1.54, 1.807) is 24.3 Å². The first-order valence-electron chi connectivity index (χ1n) is 6.66. The summed E-state index contributed by atoms with van der Waals surface area (Å²) in [6.07, 6.45) is 1.56. The minimum absolute atomic E-state index is 0.0353. The van der Waals surface area contributed by atoms with Gasteiger partial charge in [0.1, 0.15) is 5.75 Å². The van der Waals surface area contributed by atoms with Crippen molar-refractivity contribution in [2.24, 2.45) is 5.10 Å². The van der Waals surface area contributed by atoms with Crippen molar-refractivity contribution in [2.75, 3.05) is 7.11 Å². The van der Waals surface area contributed by atoms with Gasteiger partial charge < -0.3 is 14.9 Å². The number of carbonyl (C=O) groups is 1. The zero-order chi connectivity index (χ0) is 16.8. The quantitative estimate of drug-likeness (QED) is 0.550. The lowest BCUT2D eigenvalue weighted by atomic mass is 10.1. The predicted molar refractivity (Wildman–Crippen MR) is 89.9 cm³/mol. The number of benzene rings is 2. The Morgan fingerprint density at radius 2 is 1.96 bits per heavy atom. The fourth-order valence-corrected chi connectivity index (χ4v) is 2.27.